The molecule has 2 atom stereocenters. The molecule has 37 heavy (non-hydrogen) atoms. The third-order valence-electron chi connectivity index (χ3n) is 7.05. The molecule has 0 nitrogen and oxygen atoms in total. The summed E-state index contributed by atoms with van der Waals surface area (Å²) in [6, 6.07) is 27.1. The number of hydrogen-bond acceptors (Lipinski definition) is 0. The predicted octanol–water partition coefficient (Wildman–Crippen LogP) is 3.75. The Hall–Kier alpha value is -0.186. The van der Waals surface area contributed by atoms with Crippen LogP contribution in [0.2, 0.25) is 0 Å². The maximum absolute atomic E-state index is 2.43. The van der Waals surface area contributed by atoms with Crippen LogP contribution in [0, 0.1) is 0 Å². The Morgan fingerprint density at radius 1 is 0.595 bits per heavy atom. The van der Waals surface area contributed by atoms with Gasteiger partial charge in [-0.15, -0.1) is 80.7 Å². The Balaban J connectivity index is 0.000000651. The first kappa shape index (κ1) is 36.8. The first-order valence-electron chi connectivity index (χ1n) is 13.1. The zero-order valence-electron chi connectivity index (χ0n) is 23.8. The molecule has 0 heterocycles. The molecular formula is C32H44Cl2P2Ti. The summed E-state index contributed by atoms with van der Waals surface area (Å²) in [6.07, 6.45) is 2.58. The van der Waals surface area contributed by atoms with Gasteiger partial charge in [0.25, 0.3) is 0 Å². The summed E-state index contributed by atoms with van der Waals surface area (Å²) in [5, 5.41) is 8.78. The molecule has 0 fully saturated rings. The van der Waals surface area contributed by atoms with Gasteiger partial charge >= 0.3 is 21.7 Å². The summed E-state index contributed by atoms with van der Waals surface area (Å²) in [5.41, 5.74) is 3.19. The SMILES string of the molecule is CC(C)P(c1cc2ccccc2[cH-]1)C(C)C.CCC(C)P(c1cc2ccccc2[cH-]1)C(C)CC.[Cl-].[Cl-].[Ti+4]. The third kappa shape index (κ3) is 9.45. The summed E-state index contributed by atoms with van der Waals surface area (Å²) >= 11 is 0. The Morgan fingerprint density at radius 2 is 0.946 bits per heavy atom. The minimum atomic E-state index is -0.0252. The normalized spacial score (nSPS) is 13.4. The second kappa shape index (κ2) is 17.5. The van der Waals surface area contributed by atoms with Crippen molar-refractivity contribution >= 4 is 48.0 Å². The van der Waals surface area contributed by atoms with Crippen LogP contribution in [0.15, 0.2) is 72.8 Å². The first-order chi connectivity index (χ1) is 16.3. The Morgan fingerprint density at radius 3 is 1.27 bits per heavy atom. The Kier molecular flexibility index (Phi) is 17.4. The summed E-state index contributed by atoms with van der Waals surface area (Å²) in [7, 11) is -0.0458. The van der Waals surface area contributed by atoms with E-state index in [1.165, 1.54) is 34.4 Å². The quantitative estimate of drug-likeness (QED) is 0.162. The van der Waals surface area contributed by atoms with Crippen LogP contribution in [0.1, 0.15) is 68.2 Å². The van der Waals surface area contributed by atoms with Crippen LogP contribution in [-0.2, 0) is 21.7 Å². The van der Waals surface area contributed by atoms with E-state index in [0.717, 1.165) is 22.6 Å². The number of fused-ring (bicyclic) bond motifs is 2. The predicted molar refractivity (Wildman–Crippen MR) is 162 cm³/mol. The van der Waals surface area contributed by atoms with Gasteiger partial charge in [0.05, 0.1) is 0 Å². The van der Waals surface area contributed by atoms with Gasteiger partial charge in [-0.25, -0.2) is 0 Å². The second-order valence-electron chi connectivity index (χ2n) is 10.2. The van der Waals surface area contributed by atoms with Gasteiger partial charge in [-0.05, 0) is 35.5 Å². The summed E-state index contributed by atoms with van der Waals surface area (Å²) < 4.78 is 0. The van der Waals surface area contributed by atoms with Crippen LogP contribution < -0.4 is 35.4 Å². The molecule has 0 saturated carbocycles. The molecule has 4 rings (SSSR count). The number of hydrogen-bond donors (Lipinski definition) is 0. The maximum Gasteiger partial charge on any atom is 4.00 e. The van der Waals surface area contributed by atoms with E-state index in [9.17, 15) is 0 Å². The third-order valence-corrected chi connectivity index (χ3v) is 13.6. The van der Waals surface area contributed by atoms with E-state index in [1.807, 2.05) is 0 Å². The van der Waals surface area contributed by atoms with Crippen LogP contribution in [0.5, 0.6) is 0 Å². The average molecular weight is 609 g/mol. The van der Waals surface area contributed by atoms with Crippen molar-refractivity contribution in [2.45, 2.75) is 90.9 Å². The Labute approximate surface area is 256 Å². The largest absolute Gasteiger partial charge is 4.00 e. The van der Waals surface area contributed by atoms with Gasteiger partial charge in [0, 0.05) is 0 Å². The molecule has 0 aliphatic heterocycles. The van der Waals surface area contributed by atoms with E-state index in [2.05, 4.69) is 128 Å². The van der Waals surface area contributed by atoms with Gasteiger partial charge < -0.3 is 24.8 Å². The van der Waals surface area contributed by atoms with Crippen molar-refractivity contribution in [3.63, 3.8) is 0 Å². The molecule has 4 aromatic carbocycles. The van der Waals surface area contributed by atoms with E-state index in [-0.39, 0.29) is 62.4 Å². The second-order valence-corrected chi connectivity index (χ2v) is 16.7. The molecule has 0 aliphatic rings. The molecule has 200 valence electrons. The molecule has 0 spiro atoms. The van der Waals surface area contributed by atoms with Crippen molar-refractivity contribution in [1.29, 1.82) is 0 Å². The van der Waals surface area contributed by atoms with E-state index < -0.39 is 0 Å². The van der Waals surface area contributed by atoms with Crippen molar-refractivity contribution < 1.29 is 46.5 Å². The molecule has 0 N–H and O–H groups in total. The standard InChI is InChI=1S/C17H24P.C15H20P.2ClH.Ti/c1-5-13(3)18(14(4)6-2)17-11-15-9-7-8-10-16(15)12-17;1-11(2)16(12(3)4)15-9-13-7-5-6-8-14(13)10-15;;;/h7-14H,5-6H2,1-4H3;5-12H,1-4H3;2*1H;/q2*-1;;;+4/p-2. The zero-order chi connectivity index (χ0) is 24.8. The van der Waals surface area contributed by atoms with Crippen LogP contribution in [0.25, 0.3) is 21.5 Å². The van der Waals surface area contributed by atoms with E-state index in [0.29, 0.717) is 0 Å². The molecule has 0 saturated heterocycles. The van der Waals surface area contributed by atoms with Gasteiger partial charge in [-0.1, -0.05) is 83.4 Å². The monoisotopic (exact) mass is 608 g/mol. The minimum Gasteiger partial charge on any atom is -1.00 e. The van der Waals surface area contributed by atoms with Crippen molar-refractivity contribution in [1.82, 2.24) is 0 Å². The molecule has 2 unspecified atom stereocenters. The molecular weight excluding hydrogens is 565 g/mol. The first-order valence-corrected chi connectivity index (χ1v) is 16.1. The molecule has 0 amide bonds. The van der Waals surface area contributed by atoms with E-state index in [4.69, 9.17) is 0 Å². The van der Waals surface area contributed by atoms with Gasteiger partial charge in [-0.2, -0.15) is 12.1 Å². The summed E-state index contributed by atoms with van der Waals surface area (Å²) in [4.78, 5) is 0. The fraction of sp³-hybridized carbons (Fsp3) is 0.438. The van der Waals surface area contributed by atoms with Gasteiger partial charge in [0.15, 0.2) is 0 Å². The number of benzene rings is 2. The van der Waals surface area contributed by atoms with Gasteiger partial charge in [0.1, 0.15) is 0 Å². The van der Waals surface area contributed by atoms with Crippen molar-refractivity contribution in [3.05, 3.63) is 72.8 Å². The average Bonchev–Trinajstić information content (AvgIpc) is 3.42. The van der Waals surface area contributed by atoms with E-state index in [1.54, 1.807) is 10.6 Å². The Bertz CT molecular complexity index is 1080. The van der Waals surface area contributed by atoms with Crippen LogP contribution >= 0.6 is 15.8 Å². The van der Waals surface area contributed by atoms with Crippen LogP contribution in [-0.4, -0.2) is 22.6 Å². The van der Waals surface area contributed by atoms with Crippen molar-refractivity contribution in [3.8, 4) is 0 Å². The fourth-order valence-corrected chi connectivity index (χ4v) is 11.3. The topological polar surface area (TPSA) is 0 Å². The smallest absolute Gasteiger partial charge is 1.00 e. The molecule has 0 aliphatic carbocycles. The molecule has 5 heteroatoms. The van der Waals surface area contributed by atoms with Crippen LogP contribution in [0.3, 0.4) is 0 Å². The van der Waals surface area contributed by atoms with Gasteiger partial charge in [0.2, 0.25) is 0 Å². The number of rotatable bonds is 8. The zero-order valence-corrected chi connectivity index (χ0v) is 28.7. The van der Waals surface area contributed by atoms with Crippen molar-refractivity contribution in [2.24, 2.45) is 0 Å². The molecule has 0 radical (unpaired) electrons. The van der Waals surface area contributed by atoms with Crippen molar-refractivity contribution in [2.75, 3.05) is 0 Å². The molecule has 4 aromatic rings. The summed E-state index contributed by atoms with van der Waals surface area (Å²) in [6.45, 7) is 18.9. The van der Waals surface area contributed by atoms with Crippen LogP contribution in [0.4, 0.5) is 0 Å². The van der Waals surface area contributed by atoms with Gasteiger partial charge in [-0.3, -0.25) is 0 Å². The van der Waals surface area contributed by atoms with E-state index >= 15 is 0 Å². The molecule has 0 bridgehead atoms. The maximum atomic E-state index is 2.43. The fourth-order valence-electron chi connectivity index (χ4n) is 5.10. The minimum absolute atomic E-state index is 0. The summed E-state index contributed by atoms with van der Waals surface area (Å²) in [5.74, 6) is 0. The number of halogens is 2. The molecule has 0 aromatic heterocycles.